The van der Waals surface area contributed by atoms with Gasteiger partial charge in [0.1, 0.15) is 17.2 Å². The molecule has 2 aromatic rings. The Morgan fingerprint density at radius 1 is 1.10 bits per heavy atom. The predicted octanol–water partition coefficient (Wildman–Crippen LogP) is 3.73. The van der Waals surface area contributed by atoms with Crippen molar-refractivity contribution in [1.82, 2.24) is 5.32 Å². The number of nitrogens with one attached hydrogen (secondary N) is 1. The van der Waals surface area contributed by atoms with Gasteiger partial charge in [-0.1, -0.05) is 19.1 Å². The van der Waals surface area contributed by atoms with Crippen molar-refractivity contribution in [2.45, 2.75) is 52.0 Å². The number of aryl methyl sites for hydroxylation is 3. The Labute approximate surface area is 173 Å². The molecule has 0 heterocycles. The Balaban J connectivity index is 2.58. The van der Waals surface area contributed by atoms with Gasteiger partial charge >= 0.3 is 0 Å². The molecular formula is C22H30N2O4S. The molecule has 29 heavy (non-hydrogen) atoms. The maximum Gasteiger partial charge on any atom is 0.268 e. The summed E-state index contributed by atoms with van der Waals surface area (Å²) < 4.78 is 33.7. The molecule has 2 aromatic carbocycles. The third kappa shape index (κ3) is 5.29. The molecule has 0 aromatic heterocycles. The van der Waals surface area contributed by atoms with E-state index in [0.717, 1.165) is 27.4 Å². The normalized spacial score (nSPS) is 12.3. The van der Waals surface area contributed by atoms with Crippen molar-refractivity contribution in [2.24, 2.45) is 0 Å². The molecule has 7 heteroatoms. The second-order valence-electron chi connectivity index (χ2n) is 7.31. The number of ether oxygens (including phenoxy) is 1. The lowest BCUT2D eigenvalue weighted by atomic mass is 10.1. The quantitative estimate of drug-likeness (QED) is 0.709. The van der Waals surface area contributed by atoms with E-state index in [1.54, 1.807) is 30.3 Å². The van der Waals surface area contributed by atoms with E-state index in [-0.39, 0.29) is 29.1 Å². The van der Waals surface area contributed by atoms with Gasteiger partial charge in [-0.3, -0.25) is 9.10 Å². The average molecular weight is 419 g/mol. The Hall–Kier alpha value is -2.54. The molecule has 0 aliphatic heterocycles. The third-order valence-corrected chi connectivity index (χ3v) is 6.77. The fraction of sp³-hybridized carbons (Fsp3) is 0.409. The molecule has 158 valence electrons. The van der Waals surface area contributed by atoms with Crippen molar-refractivity contribution in [3.63, 3.8) is 0 Å². The fourth-order valence-electron chi connectivity index (χ4n) is 2.85. The Kier molecular flexibility index (Phi) is 7.30. The number of hydrogen-bond acceptors (Lipinski definition) is 4. The standard InChI is InChI=1S/C22H30N2O4S/c1-7-18(5)23-22(25)14-24(19-10-9-16(3)17(4)13-19)29(26,27)21-12-15(2)8-11-20(21)28-6/h8-13,18H,7,14H2,1-6H3,(H,23,25)/t18-/m1/s1. The molecule has 2 rings (SSSR count). The first-order valence-electron chi connectivity index (χ1n) is 9.64. The van der Waals surface area contributed by atoms with Crippen LogP contribution in [0.15, 0.2) is 41.3 Å². The summed E-state index contributed by atoms with van der Waals surface area (Å²) in [4.78, 5) is 12.6. The minimum Gasteiger partial charge on any atom is -0.495 e. The number of rotatable bonds is 8. The lowest BCUT2D eigenvalue weighted by Crippen LogP contribution is -2.43. The maximum absolute atomic E-state index is 13.6. The van der Waals surface area contributed by atoms with Crippen molar-refractivity contribution < 1.29 is 17.9 Å². The van der Waals surface area contributed by atoms with Crippen molar-refractivity contribution in [3.8, 4) is 5.75 Å². The molecule has 0 radical (unpaired) electrons. The van der Waals surface area contributed by atoms with E-state index in [1.807, 2.05) is 40.7 Å². The molecule has 6 nitrogen and oxygen atoms in total. The summed E-state index contributed by atoms with van der Waals surface area (Å²) in [5, 5.41) is 2.84. The van der Waals surface area contributed by atoms with Crippen LogP contribution < -0.4 is 14.4 Å². The Morgan fingerprint density at radius 3 is 2.38 bits per heavy atom. The highest BCUT2D eigenvalue weighted by Crippen LogP contribution is 2.31. The average Bonchev–Trinajstić information content (AvgIpc) is 2.68. The van der Waals surface area contributed by atoms with Gasteiger partial charge < -0.3 is 10.1 Å². The van der Waals surface area contributed by atoms with E-state index < -0.39 is 10.0 Å². The van der Waals surface area contributed by atoms with Gasteiger partial charge in [0, 0.05) is 6.04 Å². The lowest BCUT2D eigenvalue weighted by molar-refractivity contribution is -0.120. The summed E-state index contributed by atoms with van der Waals surface area (Å²) in [6, 6.07) is 10.3. The first kappa shape index (κ1) is 22.7. The minimum atomic E-state index is -4.04. The van der Waals surface area contributed by atoms with Crippen LogP contribution in [0, 0.1) is 20.8 Å². The van der Waals surface area contributed by atoms with Gasteiger partial charge in [0.2, 0.25) is 5.91 Å². The second-order valence-corrected chi connectivity index (χ2v) is 9.14. The van der Waals surface area contributed by atoms with Gasteiger partial charge in [-0.25, -0.2) is 8.42 Å². The molecule has 0 saturated carbocycles. The highest BCUT2D eigenvalue weighted by molar-refractivity contribution is 7.93. The molecule has 0 saturated heterocycles. The molecule has 0 spiro atoms. The molecule has 0 aliphatic rings. The summed E-state index contributed by atoms with van der Waals surface area (Å²) in [6.07, 6.45) is 0.758. The number of anilines is 1. The zero-order chi connectivity index (χ0) is 21.8. The van der Waals surface area contributed by atoms with Crippen LogP contribution in [-0.4, -0.2) is 34.0 Å². The highest BCUT2D eigenvalue weighted by atomic mass is 32.2. The summed E-state index contributed by atoms with van der Waals surface area (Å²) >= 11 is 0. The molecule has 0 aliphatic carbocycles. The van der Waals surface area contributed by atoms with Gasteiger partial charge in [-0.2, -0.15) is 0 Å². The van der Waals surface area contributed by atoms with E-state index in [9.17, 15) is 13.2 Å². The molecule has 1 N–H and O–H groups in total. The van der Waals surface area contributed by atoms with E-state index in [2.05, 4.69) is 5.32 Å². The van der Waals surface area contributed by atoms with Crippen molar-refractivity contribution >= 4 is 21.6 Å². The zero-order valence-electron chi connectivity index (χ0n) is 17.9. The maximum atomic E-state index is 13.6. The minimum absolute atomic E-state index is 0.0366. The summed E-state index contributed by atoms with van der Waals surface area (Å²) in [5.41, 5.74) is 3.22. The number of hydrogen-bond donors (Lipinski definition) is 1. The number of carbonyl (C=O) groups is 1. The number of benzene rings is 2. The molecule has 0 fully saturated rings. The van der Waals surface area contributed by atoms with Gasteiger partial charge in [0.25, 0.3) is 10.0 Å². The highest BCUT2D eigenvalue weighted by Gasteiger charge is 2.30. The SMILES string of the molecule is CC[C@@H](C)NC(=O)CN(c1ccc(C)c(C)c1)S(=O)(=O)c1cc(C)ccc1OC. The van der Waals surface area contributed by atoms with Crippen molar-refractivity contribution in [1.29, 1.82) is 0 Å². The largest absolute Gasteiger partial charge is 0.495 e. The number of nitrogens with zero attached hydrogens (tertiary/aromatic N) is 1. The van der Waals surface area contributed by atoms with Gasteiger partial charge in [-0.05, 0) is 75.1 Å². The van der Waals surface area contributed by atoms with Gasteiger partial charge in [-0.15, -0.1) is 0 Å². The first-order valence-corrected chi connectivity index (χ1v) is 11.1. The Bertz CT molecular complexity index is 986. The van der Waals surface area contributed by atoms with E-state index in [1.165, 1.54) is 7.11 Å². The number of sulfonamides is 1. The van der Waals surface area contributed by atoms with Crippen LogP contribution in [0.3, 0.4) is 0 Å². The van der Waals surface area contributed by atoms with Gasteiger partial charge in [0.05, 0.1) is 12.8 Å². The van der Waals surface area contributed by atoms with Gasteiger partial charge in [0.15, 0.2) is 0 Å². The second kappa shape index (κ2) is 9.31. The Morgan fingerprint density at radius 2 is 1.79 bits per heavy atom. The van der Waals surface area contributed by atoms with E-state index in [0.29, 0.717) is 5.69 Å². The molecule has 1 amide bonds. The number of methoxy groups -OCH3 is 1. The first-order chi connectivity index (χ1) is 13.6. The van der Waals surface area contributed by atoms with Crippen LogP contribution in [0.4, 0.5) is 5.69 Å². The molecule has 0 unspecified atom stereocenters. The lowest BCUT2D eigenvalue weighted by Gasteiger charge is -2.26. The van der Waals surface area contributed by atoms with Crippen LogP contribution in [0.2, 0.25) is 0 Å². The number of carbonyl (C=O) groups excluding carboxylic acids is 1. The zero-order valence-corrected chi connectivity index (χ0v) is 18.8. The van der Waals surface area contributed by atoms with Crippen LogP contribution in [0.5, 0.6) is 5.75 Å². The summed E-state index contributed by atoms with van der Waals surface area (Å²) in [6.45, 7) is 9.21. The van der Waals surface area contributed by atoms with E-state index >= 15 is 0 Å². The predicted molar refractivity (Wildman–Crippen MR) is 116 cm³/mol. The topological polar surface area (TPSA) is 75.7 Å². The smallest absolute Gasteiger partial charge is 0.268 e. The van der Waals surface area contributed by atoms with Crippen LogP contribution in [0.1, 0.15) is 37.0 Å². The molecular weight excluding hydrogens is 388 g/mol. The molecule has 0 bridgehead atoms. The fourth-order valence-corrected chi connectivity index (χ4v) is 4.51. The van der Waals surface area contributed by atoms with Crippen LogP contribution in [-0.2, 0) is 14.8 Å². The van der Waals surface area contributed by atoms with Crippen molar-refractivity contribution in [2.75, 3.05) is 18.0 Å². The van der Waals surface area contributed by atoms with Crippen LogP contribution >= 0.6 is 0 Å². The monoisotopic (exact) mass is 418 g/mol. The number of amides is 1. The molecule has 1 atom stereocenters. The van der Waals surface area contributed by atoms with E-state index in [4.69, 9.17) is 4.74 Å². The van der Waals surface area contributed by atoms with Crippen molar-refractivity contribution in [3.05, 3.63) is 53.1 Å². The van der Waals surface area contributed by atoms with Crippen LogP contribution in [0.25, 0.3) is 0 Å². The summed E-state index contributed by atoms with van der Waals surface area (Å²) in [7, 11) is -2.61. The summed E-state index contributed by atoms with van der Waals surface area (Å²) in [5.74, 6) is -0.112. The third-order valence-electron chi connectivity index (χ3n) is 4.97.